The van der Waals surface area contributed by atoms with Gasteiger partial charge in [-0.2, -0.15) is 8.78 Å². The Morgan fingerprint density at radius 1 is 1.43 bits per heavy atom. The first-order valence-electron chi connectivity index (χ1n) is 4.08. The van der Waals surface area contributed by atoms with E-state index in [0.29, 0.717) is 0 Å². The third-order valence-electron chi connectivity index (χ3n) is 2.20. The molecule has 0 bridgehead atoms. The second kappa shape index (κ2) is 2.88. The van der Waals surface area contributed by atoms with E-state index in [0.717, 1.165) is 12.1 Å². The quantitative estimate of drug-likeness (QED) is 0.695. The summed E-state index contributed by atoms with van der Waals surface area (Å²) in [5, 5.41) is 0. The van der Waals surface area contributed by atoms with Gasteiger partial charge in [0.15, 0.2) is 11.6 Å². The van der Waals surface area contributed by atoms with Gasteiger partial charge in [-0.1, -0.05) is 6.07 Å². The lowest BCUT2D eigenvalue weighted by Gasteiger charge is -2.30. The van der Waals surface area contributed by atoms with Crippen LogP contribution in [0.1, 0.15) is 5.56 Å². The molecule has 1 aromatic rings. The molecule has 2 rings (SSSR count). The second-order valence-corrected chi connectivity index (χ2v) is 3.16. The topological polar surface area (TPSA) is 35.2 Å². The van der Waals surface area contributed by atoms with Crippen LogP contribution in [0.15, 0.2) is 18.2 Å². The summed E-state index contributed by atoms with van der Waals surface area (Å²) in [6.07, 6.45) is 0. The molecule has 2 nitrogen and oxygen atoms in total. The van der Waals surface area contributed by atoms with Crippen molar-refractivity contribution in [2.75, 3.05) is 6.61 Å². The number of ether oxygens (including phenoxy) is 1. The normalized spacial score (nSPS) is 23.9. The molecule has 1 aliphatic rings. The van der Waals surface area contributed by atoms with Crippen LogP contribution in [0.2, 0.25) is 0 Å². The zero-order chi connectivity index (χ0) is 10.3. The zero-order valence-electron chi connectivity index (χ0n) is 7.14. The molecule has 1 aliphatic heterocycles. The maximum Gasteiger partial charge on any atom is 0.294 e. The lowest BCUT2D eigenvalue weighted by atomic mass is 9.98. The molecule has 76 valence electrons. The summed E-state index contributed by atoms with van der Waals surface area (Å²) >= 11 is 0. The van der Waals surface area contributed by atoms with Crippen LogP contribution in [-0.2, 0) is 5.92 Å². The van der Waals surface area contributed by atoms with Crippen LogP contribution in [0.4, 0.5) is 13.2 Å². The molecule has 0 saturated carbocycles. The molecule has 0 fully saturated rings. The Morgan fingerprint density at radius 3 is 2.86 bits per heavy atom. The summed E-state index contributed by atoms with van der Waals surface area (Å²) in [6, 6.07) is 1.99. The van der Waals surface area contributed by atoms with E-state index >= 15 is 0 Å². The lowest BCUT2D eigenvalue weighted by Crippen LogP contribution is -2.46. The van der Waals surface area contributed by atoms with Crippen LogP contribution in [-0.4, -0.2) is 12.6 Å². The summed E-state index contributed by atoms with van der Waals surface area (Å²) in [5.74, 6) is -4.40. The number of alkyl halides is 2. The van der Waals surface area contributed by atoms with Gasteiger partial charge in [0.05, 0.1) is 5.56 Å². The molecular weight excluding hydrogens is 195 g/mol. The lowest BCUT2D eigenvalue weighted by molar-refractivity contribution is -0.0606. The van der Waals surface area contributed by atoms with Crippen LogP contribution in [0, 0.1) is 5.82 Å². The molecule has 0 aromatic heterocycles. The standard InChI is InChI=1S/C9H8F3NO/c10-6-3-1-2-5-8(6)14-4-7(13)9(5,11)12/h1-3,7H,4,13H2. The predicted molar refractivity (Wildman–Crippen MR) is 43.8 cm³/mol. The van der Waals surface area contributed by atoms with E-state index in [2.05, 4.69) is 0 Å². The van der Waals surface area contributed by atoms with Gasteiger partial charge >= 0.3 is 0 Å². The van der Waals surface area contributed by atoms with E-state index in [4.69, 9.17) is 10.5 Å². The minimum absolute atomic E-state index is 0.374. The summed E-state index contributed by atoms with van der Waals surface area (Å²) in [4.78, 5) is 0. The highest BCUT2D eigenvalue weighted by Gasteiger charge is 2.45. The van der Waals surface area contributed by atoms with Crippen LogP contribution in [0.5, 0.6) is 5.75 Å². The Labute approximate surface area is 78.5 Å². The van der Waals surface area contributed by atoms with Crippen molar-refractivity contribution < 1.29 is 17.9 Å². The van der Waals surface area contributed by atoms with Crippen molar-refractivity contribution in [3.8, 4) is 5.75 Å². The average Bonchev–Trinajstić information content (AvgIpc) is 2.13. The fourth-order valence-corrected chi connectivity index (χ4v) is 1.40. The Hall–Kier alpha value is -1.23. The molecule has 5 heteroatoms. The van der Waals surface area contributed by atoms with Gasteiger partial charge in [0.2, 0.25) is 0 Å². The first kappa shape index (κ1) is 9.33. The van der Waals surface area contributed by atoms with Gasteiger partial charge in [-0.15, -0.1) is 0 Å². The SMILES string of the molecule is NC1COc2c(F)cccc2C1(F)F. The highest BCUT2D eigenvalue weighted by Crippen LogP contribution is 2.41. The van der Waals surface area contributed by atoms with Gasteiger partial charge in [-0.25, -0.2) is 4.39 Å². The number of fused-ring (bicyclic) bond motifs is 1. The van der Waals surface area contributed by atoms with Gasteiger partial charge in [0, 0.05) is 0 Å². The fourth-order valence-electron chi connectivity index (χ4n) is 1.40. The van der Waals surface area contributed by atoms with E-state index in [1.54, 1.807) is 0 Å². The van der Waals surface area contributed by atoms with Gasteiger partial charge in [-0.05, 0) is 12.1 Å². The van der Waals surface area contributed by atoms with Crippen LogP contribution in [0.3, 0.4) is 0 Å². The minimum Gasteiger partial charge on any atom is -0.488 e. The molecule has 2 N–H and O–H groups in total. The monoisotopic (exact) mass is 203 g/mol. The van der Waals surface area contributed by atoms with Crippen molar-refractivity contribution in [1.82, 2.24) is 0 Å². The summed E-state index contributed by atoms with van der Waals surface area (Å²) in [6.45, 7) is -0.374. The van der Waals surface area contributed by atoms with Gasteiger partial charge in [0.1, 0.15) is 12.6 Å². The van der Waals surface area contributed by atoms with E-state index < -0.39 is 23.3 Å². The second-order valence-electron chi connectivity index (χ2n) is 3.16. The van der Waals surface area contributed by atoms with E-state index in [-0.39, 0.29) is 12.4 Å². The molecule has 1 unspecified atom stereocenters. The summed E-state index contributed by atoms with van der Waals surface area (Å²) < 4.78 is 44.7. The Bertz CT molecular complexity index is 367. The van der Waals surface area contributed by atoms with Gasteiger partial charge < -0.3 is 10.5 Å². The number of hydrogen-bond donors (Lipinski definition) is 1. The molecule has 1 heterocycles. The van der Waals surface area contributed by atoms with E-state index in [1.165, 1.54) is 6.07 Å². The molecule has 1 atom stereocenters. The first-order valence-corrected chi connectivity index (χ1v) is 4.08. The fraction of sp³-hybridized carbons (Fsp3) is 0.333. The van der Waals surface area contributed by atoms with Crippen molar-refractivity contribution in [1.29, 1.82) is 0 Å². The average molecular weight is 203 g/mol. The van der Waals surface area contributed by atoms with Crippen LogP contribution < -0.4 is 10.5 Å². The number of hydrogen-bond acceptors (Lipinski definition) is 2. The number of rotatable bonds is 0. The third kappa shape index (κ3) is 1.16. The van der Waals surface area contributed by atoms with Crippen LogP contribution >= 0.6 is 0 Å². The molecule has 0 radical (unpaired) electrons. The van der Waals surface area contributed by atoms with Gasteiger partial charge in [-0.3, -0.25) is 0 Å². The Morgan fingerprint density at radius 2 is 2.14 bits per heavy atom. The third-order valence-corrected chi connectivity index (χ3v) is 2.20. The molecule has 0 aliphatic carbocycles. The minimum atomic E-state index is -3.23. The number of nitrogens with two attached hydrogens (primary N) is 1. The summed E-state index contributed by atoms with van der Waals surface area (Å²) in [7, 11) is 0. The maximum absolute atomic E-state index is 13.4. The van der Waals surface area contributed by atoms with Crippen molar-refractivity contribution in [2.45, 2.75) is 12.0 Å². The molecular formula is C9H8F3NO. The highest BCUT2D eigenvalue weighted by atomic mass is 19.3. The molecule has 14 heavy (non-hydrogen) atoms. The predicted octanol–water partition coefficient (Wildman–Crippen LogP) is 1.64. The first-order chi connectivity index (χ1) is 6.53. The van der Waals surface area contributed by atoms with Crippen molar-refractivity contribution in [3.05, 3.63) is 29.6 Å². The number of para-hydroxylation sites is 1. The Balaban J connectivity index is 2.59. The van der Waals surface area contributed by atoms with Gasteiger partial charge in [0.25, 0.3) is 5.92 Å². The molecule has 0 amide bonds. The maximum atomic E-state index is 13.4. The number of benzene rings is 1. The molecule has 0 saturated heterocycles. The highest BCUT2D eigenvalue weighted by molar-refractivity contribution is 5.40. The van der Waals surface area contributed by atoms with Crippen molar-refractivity contribution in [2.24, 2.45) is 5.73 Å². The van der Waals surface area contributed by atoms with E-state index in [1.807, 2.05) is 0 Å². The van der Waals surface area contributed by atoms with Crippen molar-refractivity contribution >= 4 is 0 Å². The molecule has 1 aromatic carbocycles. The van der Waals surface area contributed by atoms with E-state index in [9.17, 15) is 13.2 Å². The number of halogens is 3. The van der Waals surface area contributed by atoms with Crippen LogP contribution in [0.25, 0.3) is 0 Å². The zero-order valence-corrected chi connectivity index (χ0v) is 7.14. The molecule has 0 spiro atoms. The Kier molecular flexibility index (Phi) is 1.92. The van der Waals surface area contributed by atoms with Crippen molar-refractivity contribution in [3.63, 3.8) is 0 Å². The largest absolute Gasteiger partial charge is 0.488 e. The smallest absolute Gasteiger partial charge is 0.294 e. The summed E-state index contributed by atoms with van der Waals surface area (Å²) in [5.41, 5.74) is 4.70.